The Balaban J connectivity index is 1.92. The lowest BCUT2D eigenvalue weighted by Gasteiger charge is -2.29. The number of benzene rings is 1. The third-order valence-corrected chi connectivity index (χ3v) is 5.95. The third-order valence-electron chi connectivity index (χ3n) is 5.95. The van der Waals surface area contributed by atoms with Crippen molar-refractivity contribution in [2.75, 3.05) is 26.7 Å². The number of rotatable bonds is 7. The zero-order valence-corrected chi connectivity index (χ0v) is 17.4. The molecule has 2 heterocycles. The van der Waals surface area contributed by atoms with Crippen LogP contribution in [0.15, 0.2) is 24.3 Å². The number of hydrogen-bond donors (Lipinski definition) is 1. The minimum Gasteiger partial charge on any atom is -0.497 e. The average molecular weight is 402 g/mol. The molecule has 2 fully saturated rings. The minimum absolute atomic E-state index is 0.0155. The smallest absolute Gasteiger partial charge is 0.240 e. The zero-order valence-electron chi connectivity index (χ0n) is 17.4. The minimum atomic E-state index is -1.20. The van der Waals surface area contributed by atoms with Crippen LogP contribution in [0.5, 0.6) is 5.75 Å². The van der Waals surface area contributed by atoms with Crippen LogP contribution in [-0.2, 0) is 19.8 Å². The van der Waals surface area contributed by atoms with E-state index in [1.165, 1.54) is 4.90 Å². The highest BCUT2D eigenvalue weighted by Gasteiger charge is 2.54. The molecule has 0 radical (unpaired) electrons. The molecule has 0 aliphatic carbocycles. The van der Waals surface area contributed by atoms with Crippen molar-refractivity contribution in [3.05, 3.63) is 29.8 Å². The van der Waals surface area contributed by atoms with E-state index in [1.54, 1.807) is 36.3 Å². The first-order valence-corrected chi connectivity index (χ1v) is 10.2. The Labute approximate surface area is 171 Å². The van der Waals surface area contributed by atoms with Crippen LogP contribution in [-0.4, -0.2) is 65.5 Å². The van der Waals surface area contributed by atoms with Gasteiger partial charge < -0.3 is 14.7 Å². The topological polar surface area (TPSA) is 87.2 Å². The summed E-state index contributed by atoms with van der Waals surface area (Å²) < 4.78 is 5.21. The highest BCUT2D eigenvalue weighted by Crippen LogP contribution is 2.41. The van der Waals surface area contributed by atoms with Crippen LogP contribution in [0.25, 0.3) is 0 Å². The highest BCUT2D eigenvalue weighted by atomic mass is 16.5. The van der Waals surface area contributed by atoms with Crippen molar-refractivity contribution in [1.29, 1.82) is 0 Å². The molecule has 7 nitrogen and oxygen atoms in total. The van der Waals surface area contributed by atoms with Gasteiger partial charge in [0.25, 0.3) is 0 Å². The summed E-state index contributed by atoms with van der Waals surface area (Å²) in [4.78, 5) is 42.1. The van der Waals surface area contributed by atoms with Gasteiger partial charge in [-0.3, -0.25) is 19.3 Å². The molecule has 158 valence electrons. The Morgan fingerprint density at radius 1 is 1.28 bits per heavy atom. The quantitative estimate of drug-likeness (QED) is 0.702. The molecule has 0 spiro atoms. The first-order valence-electron chi connectivity index (χ1n) is 10.2. The van der Waals surface area contributed by atoms with Crippen LogP contribution < -0.4 is 4.74 Å². The molecule has 29 heavy (non-hydrogen) atoms. The molecule has 3 amide bonds. The van der Waals surface area contributed by atoms with E-state index in [1.807, 2.05) is 13.8 Å². The predicted molar refractivity (Wildman–Crippen MR) is 107 cm³/mol. The van der Waals surface area contributed by atoms with E-state index in [0.717, 1.165) is 6.42 Å². The monoisotopic (exact) mass is 402 g/mol. The molecule has 1 aromatic carbocycles. The number of carbonyl (C=O) groups excluding carboxylic acids is 3. The lowest BCUT2D eigenvalue weighted by atomic mass is 9.75. The molecule has 1 unspecified atom stereocenters. The number of likely N-dealkylation sites (tertiary alicyclic amines) is 2. The summed E-state index contributed by atoms with van der Waals surface area (Å²) in [5.74, 6) is 0.261. The van der Waals surface area contributed by atoms with Crippen LogP contribution in [0.1, 0.15) is 45.1 Å². The second-order valence-corrected chi connectivity index (χ2v) is 8.48. The van der Waals surface area contributed by atoms with E-state index < -0.39 is 11.5 Å². The van der Waals surface area contributed by atoms with Gasteiger partial charge in [-0.05, 0) is 36.5 Å². The van der Waals surface area contributed by atoms with Crippen molar-refractivity contribution in [3.63, 3.8) is 0 Å². The van der Waals surface area contributed by atoms with Gasteiger partial charge in [0.05, 0.1) is 18.6 Å². The summed E-state index contributed by atoms with van der Waals surface area (Å²) >= 11 is 0. The zero-order chi connectivity index (χ0) is 21.2. The molecule has 1 N–H and O–H groups in total. The number of methoxy groups -OCH3 is 1. The molecular formula is C22H30N2O5. The van der Waals surface area contributed by atoms with Crippen LogP contribution >= 0.6 is 0 Å². The van der Waals surface area contributed by atoms with Gasteiger partial charge in [-0.15, -0.1) is 0 Å². The van der Waals surface area contributed by atoms with E-state index >= 15 is 0 Å². The van der Waals surface area contributed by atoms with Crippen molar-refractivity contribution >= 4 is 17.7 Å². The lowest BCUT2D eigenvalue weighted by molar-refractivity contribution is -0.142. The molecule has 0 saturated carbocycles. The second-order valence-electron chi connectivity index (χ2n) is 8.48. The lowest BCUT2D eigenvalue weighted by Crippen LogP contribution is -2.43. The number of amides is 3. The Morgan fingerprint density at radius 3 is 2.52 bits per heavy atom. The summed E-state index contributed by atoms with van der Waals surface area (Å²) in [6.07, 6.45) is 0.643. The predicted octanol–water partition coefficient (Wildman–Crippen LogP) is 1.72. The molecule has 2 aliphatic heterocycles. The van der Waals surface area contributed by atoms with Gasteiger partial charge in [0, 0.05) is 32.5 Å². The Kier molecular flexibility index (Phi) is 6.27. The highest BCUT2D eigenvalue weighted by molar-refractivity contribution is 6.10. The first-order chi connectivity index (χ1) is 13.8. The van der Waals surface area contributed by atoms with Gasteiger partial charge in [-0.1, -0.05) is 26.0 Å². The molecule has 2 saturated heterocycles. The van der Waals surface area contributed by atoms with Gasteiger partial charge >= 0.3 is 0 Å². The Hall–Kier alpha value is -2.41. The molecule has 0 aromatic heterocycles. The first kappa shape index (κ1) is 21.3. The second kappa shape index (κ2) is 8.53. The standard InChI is InChI=1S/C22H30N2O5/c1-15(2)8-11-24-20(27)13-22(21(24)28,16-4-6-18(29-3)7-5-16)12-19(26)23-10-9-17(25)14-23/h4-7,15,17,25H,8-14H2,1-3H3/t17-,22?/m1/s1. The van der Waals surface area contributed by atoms with Crippen molar-refractivity contribution < 1.29 is 24.2 Å². The summed E-state index contributed by atoms with van der Waals surface area (Å²) in [6.45, 7) is 5.20. The van der Waals surface area contributed by atoms with Gasteiger partial charge in [-0.2, -0.15) is 0 Å². The van der Waals surface area contributed by atoms with Crippen molar-refractivity contribution in [3.8, 4) is 5.75 Å². The van der Waals surface area contributed by atoms with Crippen LogP contribution in [0.4, 0.5) is 0 Å². The van der Waals surface area contributed by atoms with Gasteiger partial charge in [-0.25, -0.2) is 0 Å². The summed E-state index contributed by atoms with van der Waals surface area (Å²) in [7, 11) is 1.56. The number of aliphatic hydroxyl groups excluding tert-OH is 1. The van der Waals surface area contributed by atoms with E-state index in [9.17, 15) is 19.5 Å². The van der Waals surface area contributed by atoms with Gasteiger partial charge in [0.2, 0.25) is 17.7 Å². The number of nitrogens with zero attached hydrogens (tertiary/aromatic N) is 2. The van der Waals surface area contributed by atoms with Gasteiger partial charge in [0.1, 0.15) is 5.75 Å². The number of ether oxygens (including phenoxy) is 1. The molecule has 0 bridgehead atoms. The maximum atomic E-state index is 13.5. The fourth-order valence-corrected chi connectivity index (χ4v) is 4.13. The summed E-state index contributed by atoms with van der Waals surface area (Å²) in [5.41, 5.74) is -0.554. The number of aliphatic hydroxyl groups is 1. The van der Waals surface area contributed by atoms with E-state index in [0.29, 0.717) is 36.7 Å². The van der Waals surface area contributed by atoms with Crippen molar-refractivity contribution in [2.24, 2.45) is 5.92 Å². The molecule has 2 aliphatic rings. The maximum Gasteiger partial charge on any atom is 0.240 e. The molecule has 1 aromatic rings. The third kappa shape index (κ3) is 4.29. The molecule has 3 rings (SSSR count). The largest absolute Gasteiger partial charge is 0.497 e. The molecular weight excluding hydrogens is 372 g/mol. The van der Waals surface area contributed by atoms with E-state index in [2.05, 4.69) is 0 Å². The fraction of sp³-hybridized carbons (Fsp3) is 0.591. The normalized spacial score (nSPS) is 24.7. The Bertz CT molecular complexity index is 776. The summed E-state index contributed by atoms with van der Waals surface area (Å²) in [5, 5.41) is 9.77. The van der Waals surface area contributed by atoms with Gasteiger partial charge in [0.15, 0.2) is 0 Å². The van der Waals surface area contributed by atoms with Crippen LogP contribution in [0.2, 0.25) is 0 Å². The van der Waals surface area contributed by atoms with Crippen molar-refractivity contribution in [2.45, 2.75) is 51.0 Å². The van der Waals surface area contributed by atoms with E-state index in [-0.39, 0.29) is 37.1 Å². The number of carbonyl (C=O) groups is 3. The summed E-state index contributed by atoms with van der Waals surface area (Å²) in [6, 6.07) is 7.02. The SMILES string of the molecule is COc1ccc(C2(CC(=O)N3CC[C@@H](O)C3)CC(=O)N(CCC(C)C)C2=O)cc1. The van der Waals surface area contributed by atoms with Crippen LogP contribution in [0, 0.1) is 5.92 Å². The Morgan fingerprint density at radius 2 is 1.97 bits per heavy atom. The number of β-amino-alcohol motifs (C(OH)–C–C–N with tert-alkyl or cyclic N) is 1. The fourth-order valence-electron chi connectivity index (χ4n) is 4.13. The molecule has 2 atom stereocenters. The van der Waals surface area contributed by atoms with Crippen LogP contribution in [0.3, 0.4) is 0 Å². The maximum absolute atomic E-state index is 13.5. The molecule has 7 heteroatoms. The average Bonchev–Trinajstić information content (AvgIpc) is 3.22. The number of imide groups is 1. The van der Waals surface area contributed by atoms with E-state index in [4.69, 9.17) is 4.74 Å². The number of hydrogen-bond acceptors (Lipinski definition) is 5. The van der Waals surface area contributed by atoms with Crippen molar-refractivity contribution in [1.82, 2.24) is 9.80 Å².